The van der Waals surface area contributed by atoms with E-state index >= 15 is 0 Å². The molecule has 39 heavy (non-hydrogen) atoms. The number of hydrogen-bond acceptors (Lipinski definition) is 7. The number of nitrogens with zero attached hydrogens (tertiary/aromatic N) is 3. The average molecular weight is 526 g/mol. The number of anilines is 1. The topological polar surface area (TPSA) is 113 Å². The van der Waals surface area contributed by atoms with E-state index in [1.165, 1.54) is 30.3 Å². The summed E-state index contributed by atoms with van der Waals surface area (Å²) in [7, 11) is 0. The third-order valence-electron chi connectivity index (χ3n) is 7.25. The van der Waals surface area contributed by atoms with E-state index in [4.69, 9.17) is 9.47 Å². The smallest absolute Gasteiger partial charge is 0.120 e. The minimum absolute atomic E-state index is 0.406. The van der Waals surface area contributed by atoms with Gasteiger partial charge in [0.2, 0.25) is 0 Å². The summed E-state index contributed by atoms with van der Waals surface area (Å²) in [6, 6.07) is 14.7. The zero-order valence-electron chi connectivity index (χ0n) is 22.1. The molecule has 0 unspecified atom stereocenters. The second-order valence-electron chi connectivity index (χ2n) is 10.1. The predicted molar refractivity (Wildman–Crippen MR) is 154 cm³/mol. The van der Waals surface area contributed by atoms with Crippen molar-refractivity contribution in [2.75, 3.05) is 31.6 Å². The van der Waals surface area contributed by atoms with Gasteiger partial charge in [-0.05, 0) is 86.7 Å². The van der Waals surface area contributed by atoms with Crippen LogP contribution in [0.25, 0.3) is 32.9 Å². The lowest BCUT2D eigenvalue weighted by Gasteiger charge is -2.26. The number of H-pyrrole nitrogens is 2. The molecule has 0 bridgehead atoms. The Labute approximate surface area is 227 Å². The first kappa shape index (κ1) is 25.3. The molecule has 4 N–H and O–H groups in total. The van der Waals surface area contributed by atoms with Crippen molar-refractivity contribution in [2.45, 2.75) is 44.8 Å². The maximum atomic E-state index is 6.03. The number of nitrogens with one attached hydrogen (secondary N) is 4. The summed E-state index contributed by atoms with van der Waals surface area (Å²) in [5.74, 6) is 0.978. The van der Waals surface area contributed by atoms with Crippen LogP contribution in [0.5, 0.6) is 5.75 Å². The lowest BCUT2D eigenvalue weighted by molar-refractivity contribution is 0.120. The van der Waals surface area contributed by atoms with Crippen molar-refractivity contribution >= 4 is 27.5 Å². The van der Waals surface area contributed by atoms with Crippen molar-refractivity contribution in [1.82, 2.24) is 30.7 Å². The lowest BCUT2D eigenvalue weighted by atomic mass is 9.96. The van der Waals surface area contributed by atoms with Crippen LogP contribution in [-0.4, -0.2) is 57.8 Å². The molecule has 3 heterocycles. The maximum absolute atomic E-state index is 6.03. The largest absolute Gasteiger partial charge is 0.490 e. The number of benzene rings is 2. The average Bonchev–Trinajstić information content (AvgIpc) is 3.58. The second kappa shape index (κ2) is 12.3. The summed E-state index contributed by atoms with van der Waals surface area (Å²) in [6.07, 6.45) is 11.5. The van der Waals surface area contributed by atoms with Crippen molar-refractivity contribution in [3.05, 3.63) is 66.7 Å². The fraction of sp³-hybridized carbons (Fsp3) is 0.367. The van der Waals surface area contributed by atoms with Gasteiger partial charge >= 0.3 is 0 Å². The first-order valence-corrected chi connectivity index (χ1v) is 13.9. The van der Waals surface area contributed by atoms with Crippen LogP contribution in [0.4, 0.5) is 5.69 Å². The van der Waals surface area contributed by atoms with Gasteiger partial charge in [-0.1, -0.05) is 0 Å². The summed E-state index contributed by atoms with van der Waals surface area (Å²) in [5, 5.41) is 24.4. The molecule has 0 spiro atoms. The molecule has 5 aromatic rings. The minimum atomic E-state index is 0.406. The van der Waals surface area contributed by atoms with E-state index < -0.39 is 0 Å². The number of aromatic amines is 2. The van der Waals surface area contributed by atoms with E-state index in [-0.39, 0.29) is 0 Å². The van der Waals surface area contributed by atoms with E-state index in [2.05, 4.69) is 72.4 Å². The fourth-order valence-corrected chi connectivity index (χ4v) is 4.88. The molecule has 1 saturated carbocycles. The molecule has 202 valence electrons. The molecule has 0 atom stereocenters. The molecule has 0 radical (unpaired) electrons. The van der Waals surface area contributed by atoms with Crippen molar-refractivity contribution < 1.29 is 9.47 Å². The fourth-order valence-electron chi connectivity index (χ4n) is 4.88. The molecule has 0 aliphatic heterocycles. The van der Waals surface area contributed by atoms with E-state index in [1.54, 1.807) is 12.4 Å². The van der Waals surface area contributed by atoms with Crippen LogP contribution < -0.4 is 15.4 Å². The molecule has 0 saturated heterocycles. The summed E-state index contributed by atoms with van der Waals surface area (Å²) < 4.78 is 11.9. The van der Waals surface area contributed by atoms with Gasteiger partial charge in [-0.25, -0.2) is 0 Å². The summed E-state index contributed by atoms with van der Waals surface area (Å²) >= 11 is 0. The number of unbranched alkanes of at least 4 members (excludes halogenated alkanes) is 1. The lowest BCUT2D eigenvalue weighted by Crippen LogP contribution is -2.24. The van der Waals surface area contributed by atoms with Gasteiger partial charge in [0, 0.05) is 52.9 Å². The normalized spacial score (nSPS) is 13.6. The highest BCUT2D eigenvalue weighted by Crippen LogP contribution is 2.30. The molecule has 3 aromatic heterocycles. The van der Waals surface area contributed by atoms with Gasteiger partial charge in [-0.2, -0.15) is 15.3 Å². The van der Waals surface area contributed by atoms with Gasteiger partial charge in [0.15, 0.2) is 0 Å². The Morgan fingerprint density at radius 2 is 1.87 bits per heavy atom. The van der Waals surface area contributed by atoms with Crippen molar-refractivity contribution in [3.63, 3.8) is 0 Å². The van der Waals surface area contributed by atoms with Gasteiger partial charge < -0.3 is 25.1 Å². The second-order valence-corrected chi connectivity index (χ2v) is 10.1. The maximum Gasteiger partial charge on any atom is 0.120 e. The third-order valence-corrected chi connectivity index (χ3v) is 7.25. The van der Waals surface area contributed by atoms with Crippen LogP contribution in [0.3, 0.4) is 0 Å². The van der Waals surface area contributed by atoms with E-state index in [0.717, 1.165) is 78.1 Å². The number of aromatic nitrogens is 5. The van der Waals surface area contributed by atoms with Crippen molar-refractivity contribution in [2.24, 2.45) is 0 Å². The van der Waals surface area contributed by atoms with Gasteiger partial charge in [0.05, 0.1) is 36.8 Å². The number of hydrogen-bond donors (Lipinski definition) is 4. The molecule has 1 fully saturated rings. The Morgan fingerprint density at radius 3 is 2.74 bits per heavy atom. The van der Waals surface area contributed by atoms with E-state index in [9.17, 15) is 0 Å². The number of fused-ring (bicyclic) bond motifs is 2. The number of ether oxygens (including phenoxy) is 2. The predicted octanol–water partition coefficient (Wildman–Crippen LogP) is 5.43. The Hall–Kier alpha value is -3.95. The molecule has 9 nitrogen and oxygen atoms in total. The summed E-state index contributed by atoms with van der Waals surface area (Å²) in [5.41, 5.74) is 6.44. The van der Waals surface area contributed by atoms with Crippen LogP contribution in [-0.2, 0) is 11.3 Å². The van der Waals surface area contributed by atoms with Crippen molar-refractivity contribution in [1.29, 1.82) is 0 Å². The van der Waals surface area contributed by atoms with E-state index in [0.29, 0.717) is 12.7 Å². The van der Waals surface area contributed by atoms with Crippen LogP contribution >= 0.6 is 0 Å². The van der Waals surface area contributed by atoms with E-state index in [1.807, 2.05) is 12.3 Å². The standard InChI is InChI=1S/C30H35N7O2/c1(9-31-19-24-14-23-15-26(6-7-28(23)36-24)39-25-4-3-5-25)2-12-38-13-11-32-29-16-22(21-8-10-33-34-18-21)17-30-27(29)20-35-37-30/h6-8,10,14-18,20,25,31-32,36H,1-5,9,11-13,19H2,(H,35,37). The molecular formula is C30H35N7O2. The van der Waals surface area contributed by atoms with Gasteiger partial charge in [0.1, 0.15) is 5.75 Å². The highest BCUT2D eigenvalue weighted by molar-refractivity contribution is 5.95. The highest BCUT2D eigenvalue weighted by Gasteiger charge is 2.19. The third kappa shape index (κ3) is 6.38. The quantitative estimate of drug-likeness (QED) is 0.143. The van der Waals surface area contributed by atoms with Crippen LogP contribution in [0.2, 0.25) is 0 Å². The molecule has 0 amide bonds. The Kier molecular flexibility index (Phi) is 7.97. The highest BCUT2D eigenvalue weighted by atomic mass is 16.5. The van der Waals surface area contributed by atoms with Gasteiger partial charge in [0.25, 0.3) is 0 Å². The zero-order chi connectivity index (χ0) is 26.3. The molecule has 2 aromatic carbocycles. The number of rotatable bonds is 14. The molecule has 9 heteroatoms. The summed E-state index contributed by atoms with van der Waals surface area (Å²) in [4.78, 5) is 3.50. The Bertz CT molecular complexity index is 1490. The minimum Gasteiger partial charge on any atom is -0.490 e. The van der Waals surface area contributed by atoms with Crippen LogP contribution in [0.1, 0.15) is 37.8 Å². The van der Waals surface area contributed by atoms with Crippen LogP contribution in [0.15, 0.2) is 61.1 Å². The molecule has 1 aliphatic rings. The Balaban J connectivity index is 0.875. The molecule has 1 aliphatic carbocycles. The van der Waals surface area contributed by atoms with Crippen molar-refractivity contribution in [3.8, 4) is 16.9 Å². The summed E-state index contributed by atoms with van der Waals surface area (Å²) in [6.45, 7) is 3.92. The first-order chi connectivity index (χ1) is 19.3. The Morgan fingerprint density at radius 1 is 0.897 bits per heavy atom. The SMILES string of the molecule is c1cc(-c2cc(NCCOCCCCNCc3cc4cc(OC5CCC5)ccc4[nH]3)c3cn[nH]c3c2)cnn1. The van der Waals surface area contributed by atoms with Gasteiger partial charge in [-0.3, -0.25) is 5.10 Å². The van der Waals surface area contributed by atoms with Crippen LogP contribution in [0, 0.1) is 0 Å². The monoisotopic (exact) mass is 525 g/mol. The molecule has 6 rings (SSSR count). The molecular weight excluding hydrogens is 490 g/mol. The zero-order valence-corrected chi connectivity index (χ0v) is 22.1. The van der Waals surface area contributed by atoms with Gasteiger partial charge in [-0.15, -0.1) is 0 Å². The first-order valence-electron chi connectivity index (χ1n) is 13.9.